The van der Waals surface area contributed by atoms with Gasteiger partial charge in [0.05, 0.1) is 0 Å². The van der Waals surface area contributed by atoms with Crippen molar-refractivity contribution in [1.82, 2.24) is 9.97 Å². The highest BCUT2D eigenvalue weighted by Gasteiger charge is 2.18. The van der Waals surface area contributed by atoms with Gasteiger partial charge in [0.15, 0.2) is 0 Å². The van der Waals surface area contributed by atoms with E-state index >= 15 is 0 Å². The Balaban J connectivity index is 1.71. The van der Waals surface area contributed by atoms with Crippen LogP contribution in [0.3, 0.4) is 0 Å². The van der Waals surface area contributed by atoms with Crippen molar-refractivity contribution in [3.63, 3.8) is 0 Å². The van der Waals surface area contributed by atoms with Gasteiger partial charge in [0.25, 0.3) is 0 Å². The first kappa shape index (κ1) is 16.0. The van der Waals surface area contributed by atoms with E-state index < -0.39 is 0 Å². The molecule has 0 radical (unpaired) electrons. The van der Waals surface area contributed by atoms with Crippen molar-refractivity contribution in [2.75, 3.05) is 0 Å². The summed E-state index contributed by atoms with van der Waals surface area (Å²) in [4.78, 5) is 7.09. The molecular formula is C23H26N2. The van der Waals surface area contributed by atoms with E-state index in [1.54, 1.807) is 0 Å². The zero-order valence-electron chi connectivity index (χ0n) is 15.5. The number of para-hydroxylation sites is 2. The van der Waals surface area contributed by atoms with Gasteiger partial charge in [-0.3, -0.25) is 0 Å². The molecule has 0 saturated carbocycles. The van der Waals surface area contributed by atoms with Crippen LogP contribution in [0.5, 0.6) is 0 Å². The number of aromatic amines is 2. The Bertz CT molecular complexity index is 1030. The van der Waals surface area contributed by atoms with Crippen LogP contribution in [-0.2, 0) is 11.8 Å². The molecule has 0 amide bonds. The van der Waals surface area contributed by atoms with Crippen molar-refractivity contribution >= 4 is 21.8 Å². The number of H-pyrrole nitrogens is 2. The minimum Gasteiger partial charge on any atom is -0.361 e. The highest BCUT2D eigenvalue weighted by molar-refractivity contribution is 5.85. The fraction of sp³-hybridized carbons (Fsp3) is 0.304. The largest absolute Gasteiger partial charge is 0.361 e. The third-order valence-electron chi connectivity index (χ3n) is 5.23. The summed E-state index contributed by atoms with van der Waals surface area (Å²) < 4.78 is 0. The van der Waals surface area contributed by atoms with E-state index in [1.165, 1.54) is 38.6 Å². The van der Waals surface area contributed by atoms with E-state index in [4.69, 9.17) is 0 Å². The topological polar surface area (TPSA) is 31.6 Å². The smallest absolute Gasteiger partial charge is 0.0489 e. The van der Waals surface area contributed by atoms with Crippen molar-refractivity contribution < 1.29 is 0 Å². The molecule has 1 atom stereocenters. The molecule has 0 saturated heterocycles. The van der Waals surface area contributed by atoms with Crippen molar-refractivity contribution in [3.8, 4) is 0 Å². The SMILES string of the molecule is CC(Cc1cccc2cc(C(C)(C)C)[nH]c12)c1c[nH]c2ccccc12. The predicted molar refractivity (Wildman–Crippen MR) is 107 cm³/mol. The van der Waals surface area contributed by atoms with Crippen LogP contribution in [0.4, 0.5) is 0 Å². The maximum absolute atomic E-state index is 3.68. The van der Waals surface area contributed by atoms with Gasteiger partial charge in [0.2, 0.25) is 0 Å². The van der Waals surface area contributed by atoms with Crippen molar-refractivity contribution in [1.29, 1.82) is 0 Å². The fourth-order valence-electron chi connectivity index (χ4n) is 3.73. The Morgan fingerprint density at radius 3 is 2.60 bits per heavy atom. The van der Waals surface area contributed by atoms with Crippen LogP contribution >= 0.6 is 0 Å². The Labute approximate surface area is 149 Å². The van der Waals surface area contributed by atoms with Gasteiger partial charge >= 0.3 is 0 Å². The monoisotopic (exact) mass is 330 g/mol. The number of nitrogens with one attached hydrogen (secondary N) is 2. The van der Waals surface area contributed by atoms with Crippen molar-refractivity contribution in [2.24, 2.45) is 0 Å². The highest BCUT2D eigenvalue weighted by Crippen LogP contribution is 2.32. The number of aromatic nitrogens is 2. The average Bonchev–Trinajstić information content (AvgIpc) is 3.19. The molecule has 4 rings (SSSR count). The van der Waals surface area contributed by atoms with Crippen molar-refractivity contribution in [2.45, 2.75) is 45.4 Å². The molecular weight excluding hydrogens is 304 g/mol. The Kier molecular flexibility index (Phi) is 3.72. The molecule has 2 aromatic heterocycles. The van der Waals surface area contributed by atoms with E-state index in [0.29, 0.717) is 5.92 Å². The van der Waals surface area contributed by atoms with Crippen LogP contribution < -0.4 is 0 Å². The summed E-state index contributed by atoms with van der Waals surface area (Å²) >= 11 is 0. The molecule has 0 aliphatic carbocycles. The van der Waals surface area contributed by atoms with Gasteiger partial charge in [-0.25, -0.2) is 0 Å². The van der Waals surface area contributed by atoms with E-state index in [0.717, 1.165) is 6.42 Å². The van der Waals surface area contributed by atoms with Gasteiger partial charge in [-0.2, -0.15) is 0 Å². The third-order valence-corrected chi connectivity index (χ3v) is 5.23. The number of hydrogen-bond donors (Lipinski definition) is 2. The summed E-state index contributed by atoms with van der Waals surface area (Å²) in [5, 5.41) is 2.65. The standard InChI is InChI=1S/C23H26N2/c1-15(19-14-24-20-11-6-5-10-18(19)20)12-16-8-7-9-17-13-21(23(2,3)4)25-22(16)17/h5-11,13-15,24-25H,12H2,1-4H3. The summed E-state index contributed by atoms with van der Waals surface area (Å²) in [6.07, 6.45) is 3.20. The molecule has 2 N–H and O–H groups in total. The van der Waals surface area contributed by atoms with Crippen LogP contribution in [0.2, 0.25) is 0 Å². The third kappa shape index (κ3) is 2.86. The van der Waals surface area contributed by atoms with Crippen LogP contribution in [0.25, 0.3) is 21.8 Å². The van der Waals surface area contributed by atoms with E-state index in [-0.39, 0.29) is 5.41 Å². The molecule has 2 nitrogen and oxygen atoms in total. The molecule has 128 valence electrons. The molecule has 2 heteroatoms. The molecule has 2 heterocycles. The van der Waals surface area contributed by atoms with Crippen LogP contribution in [0.1, 0.15) is 50.4 Å². The first-order valence-corrected chi connectivity index (χ1v) is 9.10. The first-order valence-electron chi connectivity index (χ1n) is 9.10. The quantitative estimate of drug-likeness (QED) is 0.442. The minimum absolute atomic E-state index is 0.138. The molecule has 0 aliphatic heterocycles. The molecule has 2 aromatic carbocycles. The normalized spacial score (nSPS) is 13.6. The molecule has 4 aromatic rings. The summed E-state index contributed by atoms with van der Waals surface area (Å²) in [6, 6.07) is 17.5. The predicted octanol–water partition coefficient (Wildman–Crippen LogP) is 6.29. The number of benzene rings is 2. The van der Waals surface area contributed by atoms with Gasteiger partial charge in [0, 0.05) is 33.7 Å². The first-order chi connectivity index (χ1) is 11.9. The van der Waals surface area contributed by atoms with Gasteiger partial charge in [-0.1, -0.05) is 64.1 Å². The maximum atomic E-state index is 3.68. The summed E-state index contributed by atoms with van der Waals surface area (Å²) in [6.45, 7) is 9.09. The van der Waals surface area contributed by atoms with E-state index in [2.05, 4.69) is 92.4 Å². The lowest BCUT2D eigenvalue weighted by Crippen LogP contribution is -2.11. The number of hydrogen-bond acceptors (Lipinski definition) is 0. The van der Waals surface area contributed by atoms with Gasteiger partial charge in [-0.15, -0.1) is 0 Å². The lowest BCUT2D eigenvalue weighted by atomic mass is 9.92. The number of fused-ring (bicyclic) bond motifs is 2. The Hall–Kier alpha value is -2.48. The summed E-state index contributed by atoms with van der Waals surface area (Å²) in [7, 11) is 0. The zero-order chi connectivity index (χ0) is 17.6. The van der Waals surface area contributed by atoms with Crippen LogP contribution in [-0.4, -0.2) is 9.97 Å². The molecule has 0 fully saturated rings. The second-order valence-corrected chi connectivity index (χ2v) is 8.21. The zero-order valence-corrected chi connectivity index (χ0v) is 15.5. The van der Waals surface area contributed by atoms with E-state index in [1.807, 2.05) is 0 Å². The summed E-state index contributed by atoms with van der Waals surface area (Å²) in [5.74, 6) is 0.461. The van der Waals surface area contributed by atoms with Gasteiger partial charge in [0.1, 0.15) is 0 Å². The maximum Gasteiger partial charge on any atom is 0.0489 e. The molecule has 0 spiro atoms. The van der Waals surface area contributed by atoms with Gasteiger partial charge in [-0.05, 0) is 41.0 Å². The van der Waals surface area contributed by atoms with Crippen LogP contribution in [0, 0.1) is 0 Å². The average molecular weight is 330 g/mol. The second-order valence-electron chi connectivity index (χ2n) is 8.21. The molecule has 1 unspecified atom stereocenters. The molecule has 0 aliphatic rings. The van der Waals surface area contributed by atoms with Crippen LogP contribution in [0.15, 0.2) is 54.7 Å². The molecule has 25 heavy (non-hydrogen) atoms. The number of rotatable bonds is 3. The van der Waals surface area contributed by atoms with Gasteiger partial charge < -0.3 is 9.97 Å². The summed E-state index contributed by atoms with van der Waals surface area (Å²) in [5.41, 5.74) is 6.74. The van der Waals surface area contributed by atoms with Crippen molar-refractivity contribution in [3.05, 3.63) is 71.5 Å². The highest BCUT2D eigenvalue weighted by atomic mass is 14.7. The van der Waals surface area contributed by atoms with E-state index in [9.17, 15) is 0 Å². The lowest BCUT2D eigenvalue weighted by Gasteiger charge is -2.16. The second kappa shape index (κ2) is 5.80. The molecule has 0 bridgehead atoms. The minimum atomic E-state index is 0.138. The Morgan fingerprint density at radius 1 is 1.00 bits per heavy atom. The fourth-order valence-corrected chi connectivity index (χ4v) is 3.73. The lowest BCUT2D eigenvalue weighted by molar-refractivity contribution is 0.574. The Morgan fingerprint density at radius 2 is 1.80 bits per heavy atom.